The van der Waals surface area contributed by atoms with Crippen molar-refractivity contribution in [2.45, 2.75) is 19.9 Å². The zero-order chi connectivity index (χ0) is 23.0. The molecule has 162 valence electrons. The molecule has 1 atom stereocenters. The lowest BCUT2D eigenvalue weighted by Gasteiger charge is -2.25. The van der Waals surface area contributed by atoms with E-state index in [1.54, 1.807) is 36.4 Å². The highest BCUT2D eigenvalue weighted by molar-refractivity contribution is 6.51. The molecule has 1 fully saturated rings. The van der Waals surface area contributed by atoms with Crippen LogP contribution in [0.3, 0.4) is 0 Å². The van der Waals surface area contributed by atoms with Crippen molar-refractivity contribution < 1.29 is 24.5 Å². The number of ether oxygens (including phenoxy) is 1. The van der Waals surface area contributed by atoms with Crippen LogP contribution in [0.15, 0.2) is 72.3 Å². The molecule has 0 saturated carbocycles. The third kappa shape index (κ3) is 3.60. The molecular formula is C26H23NO5. The van der Waals surface area contributed by atoms with Gasteiger partial charge in [0.15, 0.2) is 0 Å². The third-order valence-corrected chi connectivity index (χ3v) is 5.58. The largest absolute Gasteiger partial charge is 0.508 e. The molecule has 0 aromatic heterocycles. The molecule has 1 aliphatic rings. The fourth-order valence-electron chi connectivity index (χ4n) is 3.93. The Balaban J connectivity index is 1.98. The SMILES string of the molecule is COc1ccc(C)cc1/C(O)=C1\C(=O)C(=O)N(c2ccc(C)cc2)C1c1ccc(O)cc1. The number of hydrogen-bond acceptors (Lipinski definition) is 5. The van der Waals surface area contributed by atoms with Crippen LogP contribution in [-0.2, 0) is 9.59 Å². The molecule has 0 aliphatic carbocycles. The van der Waals surface area contributed by atoms with Gasteiger partial charge in [-0.1, -0.05) is 41.5 Å². The number of hydrogen-bond donors (Lipinski definition) is 2. The third-order valence-electron chi connectivity index (χ3n) is 5.58. The Bertz CT molecular complexity index is 1230. The number of anilines is 1. The number of benzene rings is 3. The summed E-state index contributed by atoms with van der Waals surface area (Å²) < 4.78 is 5.39. The number of carbonyl (C=O) groups excluding carboxylic acids is 2. The molecule has 3 aromatic carbocycles. The van der Waals surface area contributed by atoms with E-state index in [0.29, 0.717) is 22.6 Å². The number of Topliss-reactive ketones (excluding diaryl/α,β-unsaturated/α-hetero) is 1. The van der Waals surface area contributed by atoms with E-state index in [4.69, 9.17) is 4.74 Å². The lowest BCUT2D eigenvalue weighted by Crippen LogP contribution is -2.29. The van der Waals surface area contributed by atoms with Crippen molar-refractivity contribution in [3.63, 3.8) is 0 Å². The summed E-state index contributed by atoms with van der Waals surface area (Å²) in [5.74, 6) is -1.39. The van der Waals surface area contributed by atoms with Crippen molar-refractivity contribution >= 4 is 23.1 Å². The Hall–Kier alpha value is -4.06. The Morgan fingerprint density at radius 2 is 1.53 bits per heavy atom. The van der Waals surface area contributed by atoms with Crippen LogP contribution in [0, 0.1) is 13.8 Å². The van der Waals surface area contributed by atoms with Gasteiger partial charge in [0.05, 0.1) is 24.3 Å². The number of aromatic hydroxyl groups is 1. The van der Waals surface area contributed by atoms with Crippen molar-refractivity contribution in [2.75, 3.05) is 12.0 Å². The molecule has 4 rings (SSSR count). The van der Waals surface area contributed by atoms with E-state index in [1.807, 2.05) is 32.0 Å². The minimum Gasteiger partial charge on any atom is -0.508 e. The molecule has 6 nitrogen and oxygen atoms in total. The second-order valence-electron chi connectivity index (χ2n) is 7.80. The predicted molar refractivity (Wildman–Crippen MR) is 122 cm³/mol. The van der Waals surface area contributed by atoms with E-state index in [9.17, 15) is 19.8 Å². The van der Waals surface area contributed by atoms with Crippen LogP contribution in [0.4, 0.5) is 5.69 Å². The van der Waals surface area contributed by atoms with Crippen LogP contribution < -0.4 is 9.64 Å². The highest BCUT2D eigenvalue weighted by atomic mass is 16.5. The maximum Gasteiger partial charge on any atom is 0.300 e. The number of carbonyl (C=O) groups is 2. The quantitative estimate of drug-likeness (QED) is 0.358. The first-order valence-corrected chi connectivity index (χ1v) is 10.1. The number of aryl methyl sites for hydroxylation is 2. The minimum atomic E-state index is -0.872. The van der Waals surface area contributed by atoms with E-state index < -0.39 is 17.7 Å². The molecule has 1 aliphatic heterocycles. The Kier molecular flexibility index (Phi) is 5.45. The molecular weight excluding hydrogens is 406 g/mol. The van der Waals surface area contributed by atoms with E-state index >= 15 is 0 Å². The number of aliphatic hydroxyl groups excluding tert-OH is 1. The molecule has 32 heavy (non-hydrogen) atoms. The first-order valence-electron chi connectivity index (χ1n) is 10.1. The van der Waals surface area contributed by atoms with E-state index in [0.717, 1.165) is 11.1 Å². The van der Waals surface area contributed by atoms with Crippen LogP contribution in [0.1, 0.15) is 28.3 Å². The number of phenolic OH excluding ortho intramolecular Hbond substituents is 1. The molecule has 1 unspecified atom stereocenters. The molecule has 6 heteroatoms. The molecule has 2 N–H and O–H groups in total. The van der Waals surface area contributed by atoms with E-state index in [2.05, 4.69) is 0 Å². The van der Waals surface area contributed by atoms with Gasteiger partial charge in [-0.05, 0) is 55.8 Å². The maximum absolute atomic E-state index is 13.2. The van der Waals surface area contributed by atoms with Crippen LogP contribution in [0.25, 0.3) is 5.76 Å². The monoisotopic (exact) mass is 429 g/mol. The summed E-state index contributed by atoms with van der Waals surface area (Å²) in [7, 11) is 1.48. The molecule has 0 radical (unpaired) electrons. The molecule has 1 saturated heterocycles. The van der Waals surface area contributed by atoms with E-state index in [1.165, 1.54) is 24.1 Å². The minimum absolute atomic E-state index is 0.0369. The summed E-state index contributed by atoms with van der Waals surface area (Å²) in [4.78, 5) is 27.7. The van der Waals surface area contributed by atoms with Gasteiger partial charge in [0.2, 0.25) is 0 Å². The zero-order valence-corrected chi connectivity index (χ0v) is 18.0. The standard InChI is InChI=1S/C26H23NO5/c1-15-4-9-18(10-5-15)27-23(17-7-11-19(28)12-8-17)22(25(30)26(27)31)24(29)20-14-16(2)6-13-21(20)32-3/h4-14,23,28-29H,1-3H3/b24-22+. The van der Waals surface area contributed by atoms with Crippen molar-refractivity contribution in [2.24, 2.45) is 0 Å². The average Bonchev–Trinajstić information content (AvgIpc) is 3.05. The lowest BCUT2D eigenvalue weighted by atomic mass is 9.94. The fourth-order valence-corrected chi connectivity index (χ4v) is 3.93. The predicted octanol–water partition coefficient (Wildman–Crippen LogP) is 4.64. The topological polar surface area (TPSA) is 87.1 Å². The first kappa shape index (κ1) is 21.2. The van der Waals surface area contributed by atoms with Crippen molar-refractivity contribution in [3.05, 3.63) is 94.6 Å². The fraction of sp³-hybridized carbons (Fsp3) is 0.154. The van der Waals surface area contributed by atoms with Gasteiger partial charge in [-0.25, -0.2) is 0 Å². The summed E-state index contributed by atoms with van der Waals surface area (Å²) in [6.45, 7) is 3.79. The zero-order valence-electron chi connectivity index (χ0n) is 18.0. The Morgan fingerprint density at radius 3 is 2.16 bits per heavy atom. The summed E-state index contributed by atoms with van der Waals surface area (Å²) in [6, 6.07) is 17.8. The van der Waals surface area contributed by atoms with Gasteiger partial charge in [0.25, 0.3) is 11.7 Å². The summed E-state index contributed by atoms with van der Waals surface area (Å²) in [5, 5.41) is 21.0. The molecule has 1 heterocycles. The molecule has 0 spiro atoms. The van der Waals surface area contributed by atoms with Gasteiger partial charge in [-0.3, -0.25) is 14.5 Å². The van der Waals surface area contributed by atoms with Crippen molar-refractivity contribution in [1.82, 2.24) is 0 Å². The summed E-state index contributed by atoms with van der Waals surface area (Å²) in [5.41, 5.74) is 3.28. The van der Waals surface area contributed by atoms with Gasteiger partial charge in [-0.2, -0.15) is 0 Å². The lowest BCUT2D eigenvalue weighted by molar-refractivity contribution is -0.132. The van der Waals surface area contributed by atoms with Gasteiger partial charge in [0, 0.05) is 5.69 Å². The van der Waals surface area contributed by atoms with Crippen LogP contribution in [0.5, 0.6) is 11.5 Å². The number of rotatable bonds is 4. The highest BCUT2D eigenvalue weighted by Crippen LogP contribution is 2.43. The number of amides is 1. The molecule has 3 aromatic rings. The van der Waals surface area contributed by atoms with E-state index in [-0.39, 0.29) is 17.1 Å². The van der Waals surface area contributed by atoms with Gasteiger partial charge in [-0.15, -0.1) is 0 Å². The summed E-state index contributed by atoms with van der Waals surface area (Å²) in [6.07, 6.45) is 0. The highest BCUT2D eigenvalue weighted by Gasteiger charge is 2.47. The van der Waals surface area contributed by atoms with Crippen molar-refractivity contribution in [3.8, 4) is 11.5 Å². The molecule has 1 amide bonds. The van der Waals surface area contributed by atoms with Crippen LogP contribution >= 0.6 is 0 Å². The van der Waals surface area contributed by atoms with Gasteiger partial charge < -0.3 is 14.9 Å². The number of phenols is 1. The number of ketones is 1. The Morgan fingerprint density at radius 1 is 0.906 bits per heavy atom. The van der Waals surface area contributed by atoms with Crippen LogP contribution in [-0.4, -0.2) is 29.0 Å². The first-order chi connectivity index (χ1) is 15.3. The number of methoxy groups -OCH3 is 1. The average molecular weight is 429 g/mol. The number of aliphatic hydroxyl groups is 1. The molecule has 0 bridgehead atoms. The second-order valence-corrected chi connectivity index (χ2v) is 7.80. The van der Waals surface area contributed by atoms with Crippen molar-refractivity contribution in [1.29, 1.82) is 0 Å². The number of nitrogens with zero attached hydrogens (tertiary/aromatic N) is 1. The van der Waals surface area contributed by atoms with Gasteiger partial charge >= 0.3 is 0 Å². The smallest absolute Gasteiger partial charge is 0.300 e. The van der Waals surface area contributed by atoms with Crippen LogP contribution in [0.2, 0.25) is 0 Å². The Labute approximate surface area is 186 Å². The normalized spacial score (nSPS) is 17.6. The van der Waals surface area contributed by atoms with Gasteiger partial charge in [0.1, 0.15) is 17.3 Å². The maximum atomic E-state index is 13.2. The summed E-state index contributed by atoms with van der Waals surface area (Å²) >= 11 is 0. The second kappa shape index (κ2) is 8.23.